The summed E-state index contributed by atoms with van der Waals surface area (Å²) in [6.07, 6.45) is 3.46. The largest absolute Gasteiger partial charge is 0.370 e. The van der Waals surface area contributed by atoms with Gasteiger partial charge < -0.3 is 11.1 Å². The van der Waals surface area contributed by atoms with Gasteiger partial charge in [-0.15, -0.1) is 0 Å². The van der Waals surface area contributed by atoms with Gasteiger partial charge in [-0.2, -0.15) is 0 Å². The van der Waals surface area contributed by atoms with Crippen LogP contribution in [0.25, 0.3) is 0 Å². The van der Waals surface area contributed by atoms with Gasteiger partial charge in [0.2, 0.25) is 0 Å². The molecule has 1 aliphatic carbocycles. The number of aliphatic imine (C=N–C) groups is 1. The molecule has 0 bridgehead atoms. The number of aryl methyl sites for hydroxylation is 1. The van der Waals surface area contributed by atoms with Crippen LogP contribution in [0.15, 0.2) is 29.3 Å². The van der Waals surface area contributed by atoms with Gasteiger partial charge in [-0.25, -0.2) is 4.99 Å². The van der Waals surface area contributed by atoms with Gasteiger partial charge in [0.05, 0.1) is 6.04 Å². The van der Waals surface area contributed by atoms with E-state index in [1.165, 1.54) is 24.0 Å². The average molecular weight is 231 g/mol. The number of nitrogens with one attached hydrogen (secondary N) is 1. The lowest BCUT2D eigenvalue weighted by Crippen LogP contribution is -2.37. The molecule has 1 atom stereocenters. The van der Waals surface area contributed by atoms with Gasteiger partial charge in [0, 0.05) is 6.04 Å². The SMILES string of the molecule is CC(C)NC(N)=NC1CCCc2ccccc21. The summed E-state index contributed by atoms with van der Waals surface area (Å²) in [6.45, 7) is 4.13. The van der Waals surface area contributed by atoms with Gasteiger partial charge in [-0.05, 0) is 44.2 Å². The Balaban J connectivity index is 2.18. The summed E-state index contributed by atoms with van der Waals surface area (Å²) in [5.74, 6) is 0.557. The van der Waals surface area contributed by atoms with Crippen LogP contribution in [-0.4, -0.2) is 12.0 Å². The van der Waals surface area contributed by atoms with Gasteiger partial charge >= 0.3 is 0 Å². The minimum Gasteiger partial charge on any atom is -0.370 e. The summed E-state index contributed by atoms with van der Waals surface area (Å²) in [7, 11) is 0. The number of hydrogen-bond acceptors (Lipinski definition) is 1. The maximum absolute atomic E-state index is 5.90. The van der Waals surface area contributed by atoms with E-state index in [1.54, 1.807) is 0 Å². The van der Waals surface area contributed by atoms with E-state index in [0.29, 0.717) is 12.0 Å². The summed E-state index contributed by atoms with van der Waals surface area (Å²) in [5.41, 5.74) is 8.66. The van der Waals surface area contributed by atoms with Crippen molar-refractivity contribution in [1.29, 1.82) is 0 Å². The summed E-state index contributed by atoms with van der Waals surface area (Å²) >= 11 is 0. The second-order valence-corrected chi connectivity index (χ2v) is 4.92. The van der Waals surface area contributed by atoms with Crippen LogP contribution >= 0.6 is 0 Å². The molecule has 0 saturated heterocycles. The molecule has 3 heteroatoms. The maximum Gasteiger partial charge on any atom is 0.189 e. The quantitative estimate of drug-likeness (QED) is 0.606. The van der Waals surface area contributed by atoms with Crippen molar-refractivity contribution in [2.24, 2.45) is 10.7 Å². The third kappa shape index (κ3) is 2.99. The smallest absolute Gasteiger partial charge is 0.189 e. The average Bonchev–Trinajstić information content (AvgIpc) is 2.28. The van der Waals surface area contributed by atoms with E-state index in [9.17, 15) is 0 Å². The Labute approximate surface area is 103 Å². The molecule has 0 saturated carbocycles. The highest BCUT2D eigenvalue weighted by molar-refractivity contribution is 5.78. The van der Waals surface area contributed by atoms with Crippen LogP contribution in [0.1, 0.15) is 43.9 Å². The number of nitrogens with zero attached hydrogens (tertiary/aromatic N) is 1. The molecular weight excluding hydrogens is 210 g/mol. The molecule has 0 spiro atoms. The highest BCUT2D eigenvalue weighted by Gasteiger charge is 2.19. The third-order valence-electron chi connectivity index (χ3n) is 3.07. The van der Waals surface area contributed by atoms with Gasteiger partial charge in [0.25, 0.3) is 0 Å². The molecule has 2 rings (SSSR count). The fourth-order valence-electron chi connectivity index (χ4n) is 2.36. The first-order chi connectivity index (χ1) is 8.16. The van der Waals surface area contributed by atoms with Crippen LogP contribution < -0.4 is 11.1 Å². The van der Waals surface area contributed by atoms with Gasteiger partial charge in [0.15, 0.2) is 5.96 Å². The lowest BCUT2D eigenvalue weighted by Gasteiger charge is -2.23. The van der Waals surface area contributed by atoms with Gasteiger partial charge in [0.1, 0.15) is 0 Å². The fraction of sp³-hybridized carbons (Fsp3) is 0.500. The Bertz CT molecular complexity index is 410. The second-order valence-electron chi connectivity index (χ2n) is 4.92. The molecule has 17 heavy (non-hydrogen) atoms. The van der Waals surface area contributed by atoms with Crippen molar-refractivity contribution in [2.75, 3.05) is 0 Å². The van der Waals surface area contributed by atoms with Crippen LogP contribution in [0.2, 0.25) is 0 Å². The second kappa shape index (κ2) is 5.21. The summed E-state index contributed by atoms with van der Waals surface area (Å²) in [6, 6.07) is 9.11. The highest BCUT2D eigenvalue weighted by Crippen LogP contribution is 2.32. The van der Waals surface area contributed by atoms with E-state index in [4.69, 9.17) is 5.73 Å². The first-order valence-corrected chi connectivity index (χ1v) is 6.34. The van der Waals surface area contributed by atoms with Gasteiger partial charge in [-0.3, -0.25) is 0 Å². The van der Waals surface area contributed by atoms with Crippen molar-refractivity contribution < 1.29 is 0 Å². The molecule has 0 heterocycles. The van der Waals surface area contributed by atoms with Crippen LogP contribution in [0, 0.1) is 0 Å². The van der Waals surface area contributed by atoms with E-state index < -0.39 is 0 Å². The van der Waals surface area contributed by atoms with Crippen LogP contribution in [0.4, 0.5) is 0 Å². The number of benzene rings is 1. The van der Waals surface area contributed by atoms with Gasteiger partial charge in [-0.1, -0.05) is 24.3 Å². The molecule has 0 radical (unpaired) electrons. The zero-order valence-corrected chi connectivity index (χ0v) is 10.6. The Morgan fingerprint density at radius 2 is 2.18 bits per heavy atom. The molecule has 92 valence electrons. The van der Waals surface area contributed by atoms with Crippen molar-refractivity contribution >= 4 is 5.96 Å². The topological polar surface area (TPSA) is 50.4 Å². The first-order valence-electron chi connectivity index (χ1n) is 6.34. The van der Waals surface area contributed by atoms with E-state index in [-0.39, 0.29) is 6.04 Å². The Morgan fingerprint density at radius 1 is 1.41 bits per heavy atom. The molecule has 0 aliphatic heterocycles. The van der Waals surface area contributed by atoms with Crippen LogP contribution in [0.3, 0.4) is 0 Å². The van der Waals surface area contributed by atoms with Crippen molar-refractivity contribution in [1.82, 2.24) is 5.32 Å². The molecule has 0 fully saturated rings. The predicted octanol–water partition coefficient (Wildman–Crippen LogP) is 2.38. The molecule has 1 unspecified atom stereocenters. The number of guanidine groups is 1. The molecule has 1 aromatic rings. The zero-order chi connectivity index (χ0) is 12.3. The molecule has 0 aromatic heterocycles. The standard InChI is InChI=1S/C14H21N3/c1-10(2)16-14(15)17-13-9-5-7-11-6-3-4-8-12(11)13/h3-4,6,8,10,13H,5,7,9H2,1-2H3,(H3,15,16,17). The Kier molecular flexibility index (Phi) is 3.67. The molecule has 0 amide bonds. The van der Waals surface area contributed by atoms with Crippen molar-refractivity contribution in [3.63, 3.8) is 0 Å². The highest BCUT2D eigenvalue weighted by atomic mass is 15.1. The van der Waals surface area contributed by atoms with Crippen molar-refractivity contribution in [3.05, 3.63) is 35.4 Å². The first kappa shape index (κ1) is 12.0. The van der Waals surface area contributed by atoms with Crippen LogP contribution in [-0.2, 0) is 6.42 Å². The number of fused-ring (bicyclic) bond motifs is 1. The maximum atomic E-state index is 5.90. The lowest BCUT2D eigenvalue weighted by molar-refractivity contribution is 0.567. The fourth-order valence-corrected chi connectivity index (χ4v) is 2.36. The minimum atomic E-state index is 0.228. The lowest BCUT2D eigenvalue weighted by atomic mass is 9.88. The monoisotopic (exact) mass is 231 g/mol. The van der Waals surface area contributed by atoms with E-state index in [0.717, 1.165) is 6.42 Å². The van der Waals surface area contributed by atoms with E-state index in [1.807, 2.05) is 0 Å². The Hall–Kier alpha value is -1.51. The number of rotatable bonds is 2. The number of nitrogens with two attached hydrogens (primary N) is 1. The Morgan fingerprint density at radius 3 is 2.94 bits per heavy atom. The third-order valence-corrected chi connectivity index (χ3v) is 3.07. The number of hydrogen-bond donors (Lipinski definition) is 2. The predicted molar refractivity (Wildman–Crippen MR) is 72.0 cm³/mol. The molecular formula is C14H21N3. The van der Waals surface area contributed by atoms with Crippen LogP contribution in [0.5, 0.6) is 0 Å². The summed E-state index contributed by atoms with van der Waals surface area (Å²) in [5, 5.41) is 3.15. The molecule has 3 nitrogen and oxygen atoms in total. The minimum absolute atomic E-state index is 0.228. The van der Waals surface area contributed by atoms with E-state index >= 15 is 0 Å². The molecule has 1 aliphatic rings. The van der Waals surface area contributed by atoms with Crippen molar-refractivity contribution in [3.8, 4) is 0 Å². The van der Waals surface area contributed by atoms with Crippen molar-refractivity contribution in [2.45, 2.75) is 45.2 Å². The summed E-state index contributed by atoms with van der Waals surface area (Å²) in [4.78, 5) is 4.60. The normalized spacial score (nSPS) is 20.2. The molecule has 1 aromatic carbocycles. The zero-order valence-electron chi connectivity index (χ0n) is 10.6. The molecule has 3 N–H and O–H groups in total. The summed E-state index contributed by atoms with van der Waals surface area (Å²) < 4.78 is 0. The van der Waals surface area contributed by atoms with E-state index in [2.05, 4.69) is 48.4 Å².